The zero-order valence-corrected chi connectivity index (χ0v) is 15.9. The van der Waals surface area contributed by atoms with Crippen molar-refractivity contribution in [1.82, 2.24) is 20.4 Å². The summed E-state index contributed by atoms with van der Waals surface area (Å²) in [5, 5.41) is 6.79. The lowest BCUT2D eigenvalue weighted by molar-refractivity contribution is 0.139. The van der Waals surface area contributed by atoms with Crippen LogP contribution in [0.5, 0.6) is 5.75 Å². The summed E-state index contributed by atoms with van der Waals surface area (Å²) in [6.07, 6.45) is 0.906. The molecule has 1 heterocycles. The van der Waals surface area contributed by atoms with Gasteiger partial charge >= 0.3 is 0 Å². The maximum absolute atomic E-state index is 5.39. The van der Waals surface area contributed by atoms with Crippen LogP contribution >= 0.6 is 0 Å². The van der Waals surface area contributed by atoms with Gasteiger partial charge in [-0.25, -0.2) is 0 Å². The Morgan fingerprint density at radius 2 is 1.76 bits per heavy atom. The molecule has 0 bridgehead atoms. The number of ether oxygens (including phenoxy) is 1. The Balaban J connectivity index is 1.64. The van der Waals surface area contributed by atoms with E-state index in [9.17, 15) is 0 Å². The lowest BCUT2D eigenvalue weighted by Gasteiger charge is -2.34. The summed E-state index contributed by atoms with van der Waals surface area (Å²) in [5.41, 5.74) is 1.21. The average molecular weight is 348 g/mol. The van der Waals surface area contributed by atoms with Crippen molar-refractivity contribution in [2.45, 2.75) is 13.3 Å². The van der Waals surface area contributed by atoms with Gasteiger partial charge < -0.3 is 20.3 Å². The molecule has 2 rings (SSSR count). The van der Waals surface area contributed by atoms with E-state index in [0.29, 0.717) is 0 Å². The van der Waals surface area contributed by atoms with Crippen LogP contribution in [-0.4, -0.2) is 82.3 Å². The van der Waals surface area contributed by atoms with Crippen molar-refractivity contribution < 1.29 is 4.74 Å². The molecular weight excluding hydrogens is 314 g/mol. The fourth-order valence-corrected chi connectivity index (χ4v) is 3.11. The molecule has 6 heteroatoms. The van der Waals surface area contributed by atoms with Crippen molar-refractivity contribution in [3.05, 3.63) is 29.8 Å². The zero-order valence-electron chi connectivity index (χ0n) is 15.9. The van der Waals surface area contributed by atoms with E-state index in [-0.39, 0.29) is 0 Å². The highest BCUT2D eigenvalue weighted by atomic mass is 16.5. The second kappa shape index (κ2) is 10.9. The second-order valence-electron chi connectivity index (χ2n) is 6.26. The van der Waals surface area contributed by atoms with Crippen LogP contribution in [0.25, 0.3) is 0 Å². The van der Waals surface area contributed by atoms with Crippen molar-refractivity contribution in [3.63, 3.8) is 0 Å². The van der Waals surface area contributed by atoms with E-state index < -0.39 is 0 Å². The fraction of sp³-hybridized carbons (Fsp3) is 0.632. The van der Waals surface area contributed by atoms with Gasteiger partial charge in [0.1, 0.15) is 5.75 Å². The van der Waals surface area contributed by atoms with Gasteiger partial charge in [-0.3, -0.25) is 9.89 Å². The molecule has 0 radical (unpaired) electrons. The number of para-hydroxylation sites is 1. The number of benzene rings is 1. The first-order valence-corrected chi connectivity index (χ1v) is 9.28. The normalized spacial score (nSPS) is 16.7. The van der Waals surface area contributed by atoms with Crippen molar-refractivity contribution in [1.29, 1.82) is 0 Å². The number of hydrogen-bond acceptors (Lipinski definition) is 4. The van der Waals surface area contributed by atoms with Gasteiger partial charge in [-0.15, -0.1) is 0 Å². The summed E-state index contributed by atoms with van der Waals surface area (Å²) in [5.74, 6) is 1.81. The highest BCUT2D eigenvalue weighted by molar-refractivity contribution is 5.79. The quantitative estimate of drug-likeness (QED) is 0.544. The van der Waals surface area contributed by atoms with Gasteiger partial charge in [0.25, 0.3) is 0 Å². The first-order valence-electron chi connectivity index (χ1n) is 9.28. The molecule has 1 aromatic rings. The molecule has 0 atom stereocenters. The van der Waals surface area contributed by atoms with Gasteiger partial charge in [0, 0.05) is 52.9 Å². The molecular formula is C19H33N5O. The second-order valence-corrected chi connectivity index (χ2v) is 6.26. The van der Waals surface area contributed by atoms with E-state index in [1.54, 1.807) is 7.11 Å². The monoisotopic (exact) mass is 347 g/mol. The highest BCUT2D eigenvalue weighted by Crippen LogP contribution is 2.17. The lowest BCUT2D eigenvalue weighted by Crippen LogP contribution is -2.49. The van der Waals surface area contributed by atoms with Crippen LogP contribution in [-0.2, 0) is 6.42 Å². The lowest BCUT2D eigenvalue weighted by atomic mass is 10.1. The number of likely N-dealkylation sites (N-methyl/N-ethyl adjacent to an activating group) is 1. The third-order valence-electron chi connectivity index (χ3n) is 4.74. The van der Waals surface area contributed by atoms with E-state index in [1.165, 1.54) is 18.7 Å². The molecule has 1 aliphatic rings. The summed E-state index contributed by atoms with van der Waals surface area (Å²) >= 11 is 0. The number of hydrogen-bond donors (Lipinski definition) is 2. The summed E-state index contributed by atoms with van der Waals surface area (Å²) < 4.78 is 5.39. The smallest absolute Gasteiger partial charge is 0.191 e. The summed E-state index contributed by atoms with van der Waals surface area (Å²) in [6.45, 7) is 10.9. The molecule has 1 saturated heterocycles. The van der Waals surface area contributed by atoms with Gasteiger partial charge in [-0.05, 0) is 24.6 Å². The van der Waals surface area contributed by atoms with Crippen molar-refractivity contribution in [2.75, 3.05) is 66.5 Å². The number of guanidine groups is 1. The maximum atomic E-state index is 5.39. The molecule has 0 aliphatic carbocycles. The van der Waals surface area contributed by atoms with Gasteiger partial charge in [0.15, 0.2) is 5.96 Å². The van der Waals surface area contributed by atoms with Gasteiger partial charge in [-0.2, -0.15) is 0 Å². The van der Waals surface area contributed by atoms with Crippen LogP contribution in [0.1, 0.15) is 12.5 Å². The van der Waals surface area contributed by atoms with Gasteiger partial charge in [-0.1, -0.05) is 25.1 Å². The molecule has 6 nitrogen and oxygen atoms in total. The number of nitrogens with one attached hydrogen (secondary N) is 2. The Kier molecular flexibility index (Phi) is 8.55. The topological polar surface area (TPSA) is 52.1 Å². The Morgan fingerprint density at radius 1 is 1.08 bits per heavy atom. The van der Waals surface area contributed by atoms with Crippen LogP contribution in [0.2, 0.25) is 0 Å². The molecule has 25 heavy (non-hydrogen) atoms. The minimum absolute atomic E-state index is 0.829. The van der Waals surface area contributed by atoms with E-state index in [0.717, 1.165) is 57.4 Å². The standard InChI is InChI=1S/C19H33N5O/c1-4-23-13-15-24(16-14-23)12-11-22-19(20-2)21-10-9-17-7-5-6-8-18(17)25-3/h5-8H,4,9-16H2,1-3H3,(H2,20,21,22). The Morgan fingerprint density at radius 3 is 2.44 bits per heavy atom. The Labute approximate surface area is 152 Å². The Bertz CT molecular complexity index is 526. The number of aliphatic imine (C=N–C) groups is 1. The van der Waals surface area contributed by atoms with Crippen LogP contribution in [0.15, 0.2) is 29.3 Å². The molecule has 0 saturated carbocycles. The summed E-state index contributed by atoms with van der Waals surface area (Å²) in [6, 6.07) is 8.15. The first-order chi connectivity index (χ1) is 12.3. The predicted molar refractivity (Wildman–Crippen MR) is 105 cm³/mol. The van der Waals surface area contributed by atoms with E-state index in [2.05, 4.69) is 38.4 Å². The number of methoxy groups -OCH3 is 1. The van der Waals surface area contributed by atoms with E-state index in [1.807, 2.05) is 25.2 Å². The molecule has 2 N–H and O–H groups in total. The first kappa shape index (κ1) is 19.5. The minimum Gasteiger partial charge on any atom is -0.496 e. The number of piperazine rings is 1. The van der Waals surface area contributed by atoms with Crippen molar-refractivity contribution in [2.24, 2.45) is 4.99 Å². The fourth-order valence-electron chi connectivity index (χ4n) is 3.11. The average Bonchev–Trinajstić information content (AvgIpc) is 2.67. The van der Waals surface area contributed by atoms with Crippen LogP contribution in [0.4, 0.5) is 0 Å². The van der Waals surface area contributed by atoms with Crippen LogP contribution in [0, 0.1) is 0 Å². The summed E-state index contributed by atoms with van der Waals surface area (Å²) in [4.78, 5) is 9.32. The molecule has 1 aromatic carbocycles. The van der Waals surface area contributed by atoms with Gasteiger partial charge in [0.2, 0.25) is 0 Å². The molecule has 1 aliphatic heterocycles. The van der Waals surface area contributed by atoms with Crippen LogP contribution < -0.4 is 15.4 Å². The molecule has 0 unspecified atom stereocenters. The minimum atomic E-state index is 0.829. The third-order valence-corrected chi connectivity index (χ3v) is 4.74. The third kappa shape index (κ3) is 6.55. The van der Waals surface area contributed by atoms with Crippen LogP contribution in [0.3, 0.4) is 0 Å². The van der Waals surface area contributed by atoms with E-state index in [4.69, 9.17) is 4.74 Å². The number of rotatable bonds is 8. The highest BCUT2D eigenvalue weighted by Gasteiger charge is 2.14. The Hall–Kier alpha value is -1.79. The molecule has 1 fully saturated rings. The largest absolute Gasteiger partial charge is 0.496 e. The molecule has 0 spiro atoms. The van der Waals surface area contributed by atoms with E-state index >= 15 is 0 Å². The molecule has 140 valence electrons. The van der Waals surface area contributed by atoms with Gasteiger partial charge in [0.05, 0.1) is 7.11 Å². The zero-order chi connectivity index (χ0) is 17.9. The molecule has 0 aromatic heterocycles. The maximum Gasteiger partial charge on any atom is 0.191 e. The summed E-state index contributed by atoms with van der Waals surface area (Å²) in [7, 11) is 3.53. The van der Waals surface area contributed by atoms with Crippen molar-refractivity contribution in [3.8, 4) is 5.75 Å². The predicted octanol–water partition coefficient (Wildman–Crippen LogP) is 1.04. The van der Waals surface area contributed by atoms with Crippen molar-refractivity contribution >= 4 is 5.96 Å². The molecule has 0 amide bonds. The number of nitrogens with zero attached hydrogens (tertiary/aromatic N) is 3. The SMILES string of the molecule is CCN1CCN(CCNC(=NC)NCCc2ccccc2OC)CC1.